The molecule has 1 atom stereocenters. The van der Waals surface area contributed by atoms with E-state index in [1.807, 2.05) is 24.3 Å². The fourth-order valence-corrected chi connectivity index (χ4v) is 2.48. The summed E-state index contributed by atoms with van der Waals surface area (Å²) in [6, 6.07) is 16.5. The van der Waals surface area contributed by atoms with Crippen LogP contribution in [0.1, 0.15) is 29.8 Å². The Balaban J connectivity index is 1.62. The Bertz CT molecular complexity index is 776. The van der Waals surface area contributed by atoms with Crippen LogP contribution in [0.4, 0.5) is 0 Å². The van der Waals surface area contributed by atoms with Gasteiger partial charge in [0.25, 0.3) is 0 Å². The van der Waals surface area contributed by atoms with E-state index in [1.165, 1.54) is 11.1 Å². The molecule has 0 spiro atoms. The summed E-state index contributed by atoms with van der Waals surface area (Å²) in [6.45, 7) is 4.90. The highest BCUT2D eigenvalue weighted by molar-refractivity contribution is 5.54. The molecule has 2 aromatic carbocycles. The van der Waals surface area contributed by atoms with E-state index < -0.39 is 0 Å². The summed E-state index contributed by atoms with van der Waals surface area (Å²) in [5.41, 5.74) is 4.36. The molecule has 1 heterocycles. The van der Waals surface area contributed by atoms with Crippen molar-refractivity contribution in [3.63, 3.8) is 0 Å². The van der Waals surface area contributed by atoms with Gasteiger partial charge in [-0.25, -0.2) is 4.98 Å². The van der Waals surface area contributed by atoms with Gasteiger partial charge in [-0.2, -0.15) is 0 Å². The molecule has 4 heteroatoms. The topological polar surface area (TPSA) is 47.3 Å². The normalized spacial score (nSPS) is 12.1. The maximum atomic E-state index is 5.59. The van der Waals surface area contributed by atoms with Crippen molar-refractivity contribution in [2.24, 2.45) is 0 Å². The molecule has 0 aliphatic rings. The van der Waals surface area contributed by atoms with Crippen LogP contribution in [0.15, 0.2) is 59.2 Å². The summed E-state index contributed by atoms with van der Waals surface area (Å²) in [5.74, 6) is 1.44. The molecule has 4 nitrogen and oxygen atoms in total. The first-order chi connectivity index (χ1) is 11.7. The molecule has 0 fully saturated rings. The van der Waals surface area contributed by atoms with Gasteiger partial charge in [0.1, 0.15) is 12.0 Å². The van der Waals surface area contributed by atoms with Crippen LogP contribution in [0.5, 0.6) is 5.75 Å². The first-order valence-corrected chi connectivity index (χ1v) is 8.04. The van der Waals surface area contributed by atoms with E-state index >= 15 is 0 Å². The SMILES string of the molecule is COc1ccc(-c2nc(CN[C@H](C)c3ccc(C)cc3)co2)cc1. The molecule has 24 heavy (non-hydrogen) atoms. The molecule has 0 bridgehead atoms. The number of aryl methyl sites for hydroxylation is 1. The summed E-state index contributed by atoms with van der Waals surface area (Å²) in [4.78, 5) is 4.55. The molecule has 3 rings (SSSR count). The van der Waals surface area contributed by atoms with Gasteiger partial charge < -0.3 is 14.5 Å². The Morgan fingerprint density at radius 2 is 1.79 bits per heavy atom. The molecule has 0 aliphatic carbocycles. The van der Waals surface area contributed by atoms with Crippen LogP contribution in [0.2, 0.25) is 0 Å². The van der Waals surface area contributed by atoms with Crippen LogP contribution in [0.25, 0.3) is 11.5 Å². The van der Waals surface area contributed by atoms with Gasteiger partial charge in [0, 0.05) is 18.2 Å². The molecule has 0 amide bonds. The Morgan fingerprint density at radius 1 is 1.08 bits per heavy atom. The first kappa shape index (κ1) is 16.3. The first-order valence-electron chi connectivity index (χ1n) is 8.04. The highest BCUT2D eigenvalue weighted by Gasteiger charge is 2.09. The fraction of sp³-hybridized carbons (Fsp3) is 0.250. The summed E-state index contributed by atoms with van der Waals surface area (Å²) in [5, 5.41) is 3.48. The number of oxazole rings is 1. The van der Waals surface area contributed by atoms with Gasteiger partial charge >= 0.3 is 0 Å². The molecule has 0 radical (unpaired) electrons. The average Bonchev–Trinajstić information content (AvgIpc) is 3.09. The van der Waals surface area contributed by atoms with E-state index in [-0.39, 0.29) is 6.04 Å². The number of hydrogen-bond acceptors (Lipinski definition) is 4. The van der Waals surface area contributed by atoms with Gasteiger partial charge in [-0.15, -0.1) is 0 Å². The maximum absolute atomic E-state index is 5.59. The number of nitrogens with zero attached hydrogens (tertiary/aromatic N) is 1. The zero-order chi connectivity index (χ0) is 16.9. The minimum absolute atomic E-state index is 0.256. The molecule has 0 unspecified atom stereocenters. The Kier molecular flexibility index (Phi) is 4.96. The van der Waals surface area contributed by atoms with Crippen molar-refractivity contribution >= 4 is 0 Å². The minimum atomic E-state index is 0.256. The van der Waals surface area contributed by atoms with Crippen LogP contribution < -0.4 is 10.1 Å². The van der Waals surface area contributed by atoms with Crippen LogP contribution in [-0.2, 0) is 6.54 Å². The highest BCUT2D eigenvalue weighted by Crippen LogP contribution is 2.22. The van der Waals surface area contributed by atoms with Gasteiger partial charge in [-0.1, -0.05) is 29.8 Å². The van der Waals surface area contributed by atoms with E-state index in [2.05, 4.69) is 48.4 Å². The van der Waals surface area contributed by atoms with Crippen molar-refractivity contribution in [3.8, 4) is 17.2 Å². The lowest BCUT2D eigenvalue weighted by Gasteiger charge is -2.13. The zero-order valence-electron chi connectivity index (χ0n) is 14.2. The smallest absolute Gasteiger partial charge is 0.226 e. The Hall–Kier alpha value is -2.59. The van der Waals surface area contributed by atoms with Crippen LogP contribution in [0, 0.1) is 6.92 Å². The molecule has 124 valence electrons. The number of benzene rings is 2. The molecular formula is C20H22N2O2. The number of methoxy groups -OCH3 is 1. The molecule has 3 aromatic rings. The second kappa shape index (κ2) is 7.32. The maximum Gasteiger partial charge on any atom is 0.226 e. The van der Waals surface area contributed by atoms with Crippen LogP contribution in [-0.4, -0.2) is 12.1 Å². The largest absolute Gasteiger partial charge is 0.497 e. The van der Waals surface area contributed by atoms with Crippen molar-refractivity contribution in [2.75, 3.05) is 7.11 Å². The third-order valence-corrected chi connectivity index (χ3v) is 4.06. The van der Waals surface area contributed by atoms with Crippen molar-refractivity contribution < 1.29 is 9.15 Å². The number of rotatable bonds is 6. The van der Waals surface area contributed by atoms with E-state index in [4.69, 9.17) is 9.15 Å². The van der Waals surface area contributed by atoms with Gasteiger partial charge in [-0.3, -0.25) is 0 Å². The van der Waals surface area contributed by atoms with Gasteiger partial charge in [-0.05, 0) is 43.7 Å². The quantitative estimate of drug-likeness (QED) is 0.725. The number of ether oxygens (including phenoxy) is 1. The highest BCUT2D eigenvalue weighted by atomic mass is 16.5. The summed E-state index contributed by atoms with van der Waals surface area (Å²) >= 11 is 0. The van der Waals surface area contributed by atoms with Crippen LogP contribution in [0.3, 0.4) is 0 Å². The van der Waals surface area contributed by atoms with Crippen LogP contribution >= 0.6 is 0 Å². The number of hydrogen-bond donors (Lipinski definition) is 1. The summed E-state index contributed by atoms with van der Waals surface area (Å²) in [7, 11) is 1.65. The third kappa shape index (κ3) is 3.84. The van der Waals surface area contributed by atoms with Crippen molar-refractivity contribution in [1.29, 1.82) is 0 Å². The second-order valence-electron chi connectivity index (χ2n) is 5.89. The Morgan fingerprint density at radius 3 is 2.46 bits per heavy atom. The van der Waals surface area contributed by atoms with E-state index in [0.717, 1.165) is 17.0 Å². The Labute approximate surface area is 142 Å². The summed E-state index contributed by atoms with van der Waals surface area (Å²) in [6.07, 6.45) is 1.70. The van der Waals surface area contributed by atoms with E-state index in [9.17, 15) is 0 Å². The molecular weight excluding hydrogens is 300 g/mol. The van der Waals surface area contributed by atoms with Gasteiger partial charge in [0.15, 0.2) is 0 Å². The lowest BCUT2D eigenvalue weighted by molar-refractivity contribution is 0.415. The van der Waals surface area contributed by atoms with Crippen molar-refractivity contribution in [2.45, 2.75) is 26.4 Å². The number of aromatic nitrogens is 1. The number of nitrogens with one attached hydrogen (secondary N) is 1. The second-order valence-corrected chi connectivity index (χ2v) is 5.89. The molecule has 0 saturated carbocycles. The minimum Gasteiger partial charge on any atom is -0.497 e. The fourth-order valence-electron chi connectivity index (χ4n) is 2.48. The van der Waals surface area contributed by atoms with Gasteiger partial charge in [0.05, 0.1) is 12.8 Å². The van der Waals surface area contributed by atoms with E-state index in [1.54, 1.807) is 13.4 Å². The molecule has 0 saturated heterocycles. The lowest BCUT2D eigenvalue weighted by atomic mass is 10.1. The average molecular weight is 322 g/mol. The third-order valence-electron chi connectivity index (χ3n) is 4.06. The van der Waals surface area contributed by atoms with E-state index in [0.29, 0.717) is 12.4 Å². The monoisotopic (exact) mass is 322 g/mol. The van der Waals surface area contributed by atoms with Gasteiger partial charge in [0.2, 0.25) is 5.89 Å². The molecule has 1 aromatic heterocycles. The summed E-state index contributed by atoms with van der Waals surface area (Å²) < 4.78 is 10.7. The molecule has 0 aliphatic heterocycles. The predicted octanol–water partition coefficient (Wildman–Crippen LogP) is 4.51. The predicted molar refractivity (Wildman–Crippen MR) is 94.9 cm³/mol. The van der Waals surface area contributed by atoms with Crippen molar-refractivity contribution in [3.05, 3.63) is 71.6 Å². The standard InChI is InChI=1S/C20H22N2O2/c1-14-4-6-16(7-5-14)15(2)21-12-18-13-24-20(22-18)17-8-10-19(23-3)11-9-17/h4-11,13,15,21H,12H2,1-3H3/t15-/m1/s1. The molecule has 1 N–H and O–H groups in total. The zero-order valence-corrected chi connectivity index (χ0v) is 14.2. The lowest BCUT2D eigenvalue weighted by Crippen LogP contribution is -2.18. The van der Waals surface area contributed by atoms with Crippen molar-refractivity contribution in [1.82, 2.24) is 10.3 Å².